The molecule has 1 N–H and O–H groups in total. The van der Waals surface area contributed by atoms with Crippen LogP contribution in [0.3, 0.4) is 0 Å². The van der Waals surface area contributed by atoms with E-state index in [-0.39, 0.29) is 18.2 Å². The lowest BCUT2D eigenvalue weighted by Crippen LogP contribution is -2.10. The third-order valence-corrected chi connectivity index (χ3v) is 4.48. The van der Waals surface area contributed by atoms with E-state index in [1.165, 1.54) is 25.7 Å². The number of benzene rings is 1. The first kappa shape index (κ1) is 22.0. The van der Waals surface area contributed by atoms with Gasteiger partial charge < -0.3 is 9.84 Å². The van der Waals surface area contributed by atoms with E-state index in [0.29, 0.717) is 11.4 Å². The van der Waals surface area contributed by atoms with Gasteiger partial charge in [-0.15, -0.1) is 0 Å². The van der Waals surface area contributed by atoms with Crippen LogP contribution in [0.25, 0.3) is 0 Å². The lowest BCUT2D eigenvalue weighted by Gasteiger charge is -2.11. The fourth-order valence-electron chi connectivity index (χ4n) is 2.84. The summed E-state index contributed by atoms with van der Waals surface area (Å²) in [6.45, 7) is 3.76. The first-order chi connectivity index (χ1) is 12.0. The molecule has 0 radical (unpaired) electrons. The molecule has 0 saturated carbocycles. The maximum Gasteiger partial charge on any atom is 0.306 e. The first-order valence-electron chi connectivity index (χ1n) is 9.62. The molecular weight excluding hydrogens is 336 g/mol. The van der Waals surface area contributed by atoms with Gasteiger partial charge >= 0.3 is 5.97 Å². The largest absolute Gasteiger partial charge is 0.463 e. The highest BCUT2D eigenvalue weighted by molar-refractivity contribution is 6.30. The van der Waals surface area contributed by atoms with E-state index in [1.807, 2.05) is 38.1 Å². The van der Waals surface area contributed by atoms with Gasteiger partial charge in [0.05, 0.1) is 12.2 Å². The Balaban J connectivity index is 1.92. The number of carbonyl (C=O) groups excluding carboxylic acids is 1. The highest BCUT2D eigenvalue weighted by Crippen LogP contribution is 2.22. The van der Waals surface area contributed by atoms with Gasteiger partial charge in [-0.2, -0.15) is 0 Å². The Morgan fingerprint density at radius 2 is 1.48 bits per heavy atom. The van der Waals surface area contributed by atoms with Crippen molar-refractivity contribution in [2.75, 3.05) is 0 Å². The number of ether oxygens (including phenoxy) is 1. The summed E-state index contributed by atoms with van der Waals surface area (Å²) in [6.07, 6.45) is 10.0. The predicted molar refractivity (Wildman–Crippen MR) is 104 cm³/mol. The Hall–Kier alpha value is -1.06. The molecule has 1 rings (SSSR count). The molecule has 0 heterocycles. The van der Waals surface area contributed by atoms with E-state index in [9.17, 15) is 9.90 Å². The zero-order chi connectivity index (χ0) is 18.5. The smallest absolute Gasteiger partial charge is 0.306 e. The number of rotatable bonds is 13. The normalized spacial score (nSPS) is 12.4. The number of hydrogen-bond donors (Lipinski definition) is 1. The molecular formula is C21H33ClO3. The summed E-state index contributed by atoms with van der Waals surface area (Å²) in [4.78, 5) is 11.4. The molecule has 0 aliphatic rings. The van der Waals surface area contributed by atoms with E-state index < -0.39 is 0 Å². The Kier molecular flexibility index (Phi) is 11.6. The van der Waals surface area contributed by atoms with Crippen molar-refractivity contribution in [1.82, 2.24) is 0 Å². The molecule has 0 aliphatic carbocycles. The van der Waals surface area contributed by atoms with Gasteiger partial charge in [-0.05, 0) is 44.4 Å². The van der Waals surface area contributed by atoms with Crippen LogP contribution in [0, 0.1) is 0 Å². The van der Waals surface area contributed by atoms with Crippen molar-refractivity contribution < 1.29 is 14.6 Å². The average molecular weight is 369 g/mol. The summed E-state index contributed by atoms with van der Waals surface area (Å²) >= 11 is 5.85. The highest BCUT2D eigenvalue weighted by Gasteiger charge is 2.07. The summed E-state index contributed by atoms with van der Waals surface area (Å²) < 4.78 is 5.11. The van der Waals surface area contributed by atoms with Gasteiger partial charge in [-0.1, -0.05) is 68.7 Å². The van der Waals surface area contributed by atoms with Crippen LogP contribution in [-0.2, 0) is 9.53 Å². The highest BCUT2D eigenvalue weighted by atomic mass is 35.5. The molecule has 0 unspecified atom stereocenters. The molecule has 25 heavy (non-hydrogen) atoms. The van der Waals surface area contributed by atoms with Crippen LogP contribution in [0.2, 0.25) is 5.02 Å². The average Bonchev–Trinajstić information content (AvgIpc) is 2.56. The molecule has 0 aromatic heterocycles. The molecule has 1 aromatic rings. The first-order valence-corrected chi connectivity index (χ1v) is 10.00. The minimum Gasteiger partial charge on any atom is -0.463 e. The number of hydrogen-bond acceptors (Lipinski definition) is 3. The van der Waals surface area contributed by atoms with Crippen molar-refractivity contribution in [3.05, 3.63) is 34.9 Å². The van der Waals surface area contributed by atoms with Crippen molar-refractivity contribution in [1.29, 1.82) is 0 Å². The van der Waals surface area contributed by atoms with Crippen molar-refractivity contribution in [2.24, 2.45) is 0 Å². The van der Waals surface area contributed by atoms with Crippen LogP contribution < -0.4 is 0 Å². The van der Waals surface area contributed by atoms with Gasteiger partial charge in [0.1, 0.15) is 0 Å². The minimum atomic E-state index is -0.386. The van der Waals surface area contributed by atoms with Gasteiger partial charge in [0.25, 0.3) is 0 Å². The topological polar surface area (TPSA) is 46.5 Å². The van der Waals surface area contributed by atoms with Crippen LogP contribution in [0.15, 0.2) is 24.3 Å². The number of aliphatic hydroxyl groups excluding tert-OH is 1. The molecule has 0 saturated heterocycles. The van der Waals surface area contributed by atoms with Crippen molar-refractivity contribution in [2.45, 2.75) is 90.3 Å². The number of carbonyl (C=O) groups is 1. The molecule has 0 spiro atoms. The minimum absolute atomic E-state index is 0.00860. The van der Waals surface area contributed by atoms with Crippen LogP contribution in [0.1, 0.15) is 89.7 Å². The Morgan fingerprint density at radius 1 is 0.960 bits per heavy atom. The maximum atomic E-state index is 11.4. The van der Waals surface area contributed by atoms with Gasteiger partial charge in [-0.25, -0.2) is 0 Å². The van der Waals surface area contributed by atoms with Gasteiger partial charge in [0.15, 0.2) is 0 Å². The SMILES string of the molecule is CC(C)OC(=O)CCCCCCCCCC[C@@H](O)c1ccc(Cl)cc1. The summed E-state index contributed by atoms with van der Waals surface area (Å²) in [7, 11) is 0. The van der Waals surface area contributed by atoms with E-state index in [4.69, 9.17) is 16.3 Å². The lowest BCUT2D eigenvalue weighted by atomic mass is 10.0. The monoisotopic (exact) mass is 368 g/mol. The Bertz CT molecular complexity index is 471. The zero-order valence-electron chi connectivity index (χ0n) is 15.7. The summed E-state index contributed by atoms with van der Waals surface area (Å²) in [5.41, 5.74) is 0.945. The molecule has 3 nitrogen and oxygen atoms in total. The van der Waals surface area contributed by atoms with Crippen molar-refractivity contribution in [3.8, 4) is 0 Å². The fourth-order valence-corrected chi connectivity index (χ4v) is 2.97. The quantitative estimate of drug-likeness (QED) is 0.331. The number of aliphatic hydroxyl groups is 1. The summed E-state index contributed by atoms with van der Waals surface area (Å²) in [5, 5.41) is 10.8. The van der Waals surface area contributed by atoms with E-state index in [1.54, 1.807) is 0 Å². The van der Waals surface area contributed by atoms with Crippen molar-refractivity contribution in [3.63, 3.8) is 0 Å². The molecule has 142 valence electrons. The van der Waals surface area contributed by atoms with Gasteiger partial charge in [0, 0.05) is 11.4 Å². The second-order valence-corrected chi connectivity index (χ2v) is 7.41. The van der Waals surface area contributed by atoms with E-state index in [0.717, 1.165) is 37.7 Å². The second-order valence-electron chi connectivity index (χ2n) is 6.97. The van der Waals surface area contributed by atoms with Crippen molar-refractivity contribution >= 4 is 17.6 Å². The predicted octanol–water partition coefficient (Wildman–Crippen LogP) is 6.23. The second kappa shape index (κ2) is 13.2. The third kappa shape index (κ3) is 11.2. The Labute approximate surface area is 157 Å². The number of esters is 1. The molecule has 1 aromatic carbocycles. The summed E-state index contributed by atoms with van der Waals surface area (Å²) in [6, 6.07) is 7.43. The molecule has 0 bridgehead atoms. The van der Waals surface area contributed by atoms with E-state index >= 15 is 0 Å². The fraction of sp³-hybridized carbons (Fsp3) is 0.667. The summed E-state index contributed by atoms with van der Waals surface area (Å²) in [5.74, 6) is -0.0748. The number of unbranched alkanes of at least 4 members (excludes halogenated alkanes) is 7. The molecule has 4 heteroatoms. The Morgan fingerprint density at radius 3 is 2.04 bits per heavy atom. The molecule has 0 fully saturated rings. The molecule has 1 atom stereocenters. The third-order valence-electron chi connectivity index (χ3n) is 4.23. The van der Waals surface area contributed by atoms with Crippen LogP contribution in [0.4, 0.5) is 0 Å². The van der Waals surface area contributed by atoms with Gasteiger partial charge in [0.2, 0.25) is 0 Å². The van der Waals surface area contributed by atoms with Gasteiger partial charge in [-0.3, -0.25) is 4.79 Å². The van der Waals surface area contributed by atoms with Crippen LogP contribution in [0.5, 0.6) is 0 Å². The van der Waals surface area contributed by atoms with E-state index in [2.05, 4.69) is 0 Å². The van der Waals surface area contributed by atoms with Crippen LogP contribution >= 0.6 is 11.6 Å². The standard InChI is InChI=1S/C21H33ClO3/c1-17(2)25-21(24)12-10-8-6-4-3-5-7-9-11-20(23)18-13-15-19(22)16-14-18/h13-17,20,23H,3-12H2,1-2H3/t20-/m1/s1. The lowest BCUT2D eigenvalue weighted by molar-refractivity contribution is -0.147. The molecule has 0 aliphatic heterocycles. The van der Waals surface area contributed by atoms with Crippen LogP contribution in [-0.4, -0.2) is 17.2 Å². The number of halogens is 1. The molecule has 0 amide bonds. The maximum absolute atomic E-state index is 11.4. The zero-order valence-corrected chi connectivity index (χ0v) is 16.4.